The van der Waals surface area contributed by atoms with Crippen molar-refractivity contribution < 1.29 is 18.3 Å². The molecule has 0 spiro atoms. The Balaban J connectivity index is 1.62. The first kappa shape index (κ1) is 23.6. The van der Waals surface area contributed by atoms with Crippen molar-refractivity contribution in [2.45, 2.75) is 38.8 Å². The molecule has 1 aliphatic rings. The normalized spacial score (nSPS) is 17.3. The minimum absolute atomic E-state index is 0.00468. The van der Waals surface area contributed by atoms with Gasteiger partial charge >= 0.3 is 6.03 Å². The lowest BCUT2D eigenvalue weighted by Gasteiger charge is -2.40. The summed E-state index contributed by atoms with van der Waals surface area (Å²) >= 11 is 6.32. The van der Waals surface area contributed by atoms with E-state index in [9.17, 15) is 18.4 Å². The Bertz CT molecular complexity index is 1320. The number of aromatic amines is 1. The second-order valence-electron chi connectivity index (χ2n) is 7.93. The molecule has 0 radical (unpaired) electrons. The standard InChI is InChI=1S/C23H22ClF2N5O3/c1-4-13-7-12-8-19(32)29-30-21(12)11(2)31(13)23(33)27-18-10-16(24)15(9-17(18)25)14-5-6-20(34-3)28-22(14)26/h5-6,8-11,13H,4,7H2,1-3H3,(H,27,33)(H,29,32). The molecule has 3 heterocycles. The van der Waals surface area contributed by atoms with Crippen molar-refractivity contribution in [1.29, 1.82) is 0 Å². The highest BCUT2D eigenvalue weighted by atomic mass is 35.5. The van der Waals surface area contributed by atoms with Crippen molar-refractivity contribution in [3.05, 3.63) is 68.7 Å². The number of pyridine rings is 1. The highest BCUT2D eigenvalue weighted by Gasteiger charge is 2.36. The number of amides is 2. The number of halogens is 3. The maximum absolute atomic E-state index is 15.0. The number of urea groups is 1. The maximum atomic E-state index is 15.0. The Morgan fingerprint density at radius 3 is 2.74 bits per heavy atom. The second-order valence-corrected chi connectivity index (χ2v) is 8.33. The molecule has 34 heavy (non-hydrogen) atoms. The average molecular weight is 490 g/mol. The first-order valence-corrected chi connectivity index (χ1v) is 11.0. The van der Waals surface area contributed by atoms with Crippen LogP contribution in [0.4, 0.5) is 19.3 Å². The molecule has 1 aromatic carbocycles. The molecule has 0 saturated carbocycles. The van der Waals surface area contributed by atoms with E-state index in [1.54, 1.807) is 11.8 Å². The zero-order valence-corrected chi connectivity index (χ0v) is 19.4. The van der Waals surface area contributed by atoms with E-state index < -0.39 is 23.8 Å². The lowest BCUT2D eigenvalue weighted by molar-refractivity contribution is 0.145. The Morgan fingerprint density at radius 1 is 1.29 bits per heavy atom. The zero-order chi connectivity index (χ0) is 24.6. The number of nitrogens with one attached hydrogen (secondary N) is 2. The fourth-order valence-corrected chi connectivity index (χ4v) is 4.49. The van der Waals surface area contributed by atoms with E-state index in [0.717, 1.165) is 11.6 Å². The van der Waals surface area contributed by atoms with Gasteiger partial charge in [0.25, 0.3) is 5.56 Å². The minimum Gasteiger partial charge on any atom is -0.481 e. The summed E-state index contributed by atoms with van der Waals surface area (Å²) in [5, 5.41) is 9.10. The van der Waals surface area contributed by atoms with E-state index in [4.69, 9.17) is 16.3 Å². The number of aromatic nitrogens is 3. The van der Waals surface area contributed by atoms with Crippen LogP contribution < -0.4 is 15.6 Å². The smallest absolute Gasteiger partial charge is 0.322 e. The number of hydrogen-bond acceptors (Lipinski definition) is 5. The topological polar surface area (TPSA) is 100 Å². The molecule has 8 nitrogen and oxygen atoms in total. The van der Waals surface area contributed by atoms with Crippen LogP contribution in [0.15, 0.2) is 35.1 Å². The van der Waals surface area contributed by atoms with Gasteiger partial charge in [-0.15, -0.1) is 0 Å². The molecule has 11 heteroatoms. The largest absolute Gasteiger partial charge is 0.481 e. The lowest BCUT2D eigenvalue weighted by atomic mass is 9.92. The van der Waals surface area contributed by atoms with Crippen molar-refractivity contribution in [2.24, 2.45) is 0 Å². The van der Waals surface area contributed by atoms with Crippen molar-refractivity contribution in [3.63, 3.8) is 0 Å². The molecular formula is C23H22ClF2N5O3. The van der Waals surface area contributed by atoms with Crippen LogP contribution in [0.3, 0.4) is 0 Å². The minimum atomic E-state index is -0.866. The summed E-state index contributed by atoms with van der Waals surface area (Å²) < 4.78 is 34.2. The molecule has 2 unspecified atom stereocenters. The number of anilines is 1. The molecule has 0 aliphatic carbocycles. The summed E-state index contributed by atoms with van der Waals surface area (Å²) in [4.78, 5) is 30.1. The molecule has 4 rings (SSSR count). The quantitative estimate of drug-likeness (QED) is 0.517. The third kappa shape index (κ3) is 4.33. The van der Waals surface area contributed by atoms with Crippen LogP contribution in [0.5, 0.6) is 5.88 Å². The molecule has 178 valence electrons. The van der Waals surface area contributed by atoms with Crippen molar-refractivity contribution in [3.8, 4) is 17.0 Å². The summed E-state index contributed by atoms with van der Waals surface area (Å²) in [7, 11) is 1.35. The molecular weight excluding hydrogens is 468 g/mol. The monoisotopic (exact) mass is 489 g/mol. The van der Waals surface area contributed by atoms with Crippen LogP contribution in [0.1, 0.15) is 37.6 Å². The summed E-state index contributed by atoms with van der Waals surface area (Å²) in [6.07, 6.45) is 1.07. The van der Waals surface area contributed by atoms with Crippen molar-refractivity contribution in [2.75, 3.05) is 12.4 Å². The number of nitrogens with zero attached hydrogens (tertiary/aromatic N) is 3. The number of benzene rings is 1. The van der Waals surface area contributed by atoms with Gasteiger partial charge in [0, 0.05) is 29.3 Å². The first-order chi connectivity index (χ1) is 16.2. The first-order valence-electron chi connectivity index (χ1n) is 10.6. The van der Waals surface area contributed by atoms with E-state index in [1.807, 2.05) is 6.92 Å². The van der Waals surface area contributed by atoms with Crippen molar-refractivity contribution >= 4 is 23.3 Å². The molecule has 3 aromatic rings. The fraction of sp³-hybridized carbons (Fsp3) is 0.304. The number of hydrogen-bond donors (Lipinski definition) is 2. The highest BCUT2D eigenvalue weighted by Crippen LogP contribution is 2.36. The van der Waals surface area contributed by atoms with Gasteiger partial charge in [-0.25, -0.2) is 14.3 Å². The van der Waals surface area contributed by atoms with E-state index in [0.29, 0.717) is 18.5 Å². The van der Waals surface area contributed by atoms with Gasteiger partial charge in [0.2, 0.25) is 11.8 Å². The Labute approximate surface area is 198 Å². The van der Waals surface area contributed by atoms with Gasteiger partial charge in [-0.05, 0) is 43.5 Å². The Hall–Kier alpha value is -3.53. The van der Waals surface area contributed by atoms with Gasteiger partial charge in [-0.3, -0.25) is 4.79 Å². The summed E-state index contributed by atoms with van der Waals surface area (Å²) in [6.45, 7) is 3.71. The van der Waals surface area contributed by atoms with E-state index in [-0.39, 0.29) is 39.3 Å². The van der Waals surface area contributed by atoms with Crippen molar-refractivity contribution in [1.82, 2.24) is 20.1 Å². The zero-order valence-electron chi connectivity index (χ0n) is 18.7. The van der Waals surface area contributed by atoms with Crippen LogP contribution in [0, 0.1) is 11.8 Å². The van der Waals surface area contributed by atoms with Crippen LogP contribution in [0.2, 0.25) is 5.02 Å². The number of carbonyl (C=O) groups is 1. The van der Waals surface area contributed by atoms with E-state index >= 15 is 0 Å². The molecule has 2 atom stereocenters. The molecule has 0 fully saturated rings. The third-order valence-electron chi connectivity index (χ3n) is 5.91. The van der Waals surface area contributed by atoms with E-state index in [1.165, 1.54) is 31.4 Å². The predicted octanol–water partition coefficient (Wildman–Crippen LogP) is 4.70. The summed E-state index contributed by atoms with van der Waals surface area (Å²) in [6, 6.07) is 5.36. The summed E-state index contributed by atoms with van der Waals surface area (Å²) in [5.74, 6) is -1.58. The predicted molar refractivity (Wildman–Crippen MR) is 123 cm³/mol. The fourth-order valence-electron chi connectivity index (χ4n) is 4.22. The maximum Gasteiger partial charge on any atom is 0.322 e. The van der Waals surface area contributed by atoms with Crippen LogP contribution in [-0.2, 0) is 6.42 Å². The number of carbonyl (C=O) groups excluding carboxylic acids is 1. The molecule has 0 bridgehead atoms. The number of ether oxygens (including phenoxy) is 1. The van der Waals surface area contributed by atoms with Gasteiger partial charge in [-0.1, -0.05) is 18.5 Å². The molecule has 2 amide bonds. The molecule has 0 saturated heterocycles. The highest BCUT2D eigenvalue weighted by molar-refractivity contribution is 6.33. The van der Waals surface area contributed by atoms with Crippen LogP contribution in [0.25, 0.3) is 11.1 Å². The van der Waals surface area contributed by atoms with Gasteiger partial charge in [0.15, 0.2) is 0 Å². The number of rotatable bonds is 4. The van der Waals surface area contributed by atoms with Gasteiger partial charge < -0.3 is 15.0 Å². The van der Waals surface area contributed by atoms with Crippen LogP contribution >= 0.6 is 11.6 Å². The third-order valence-corrected chi connectivity index (χ3v) is 6.22. The van der Waals surface area contributed by atoms with Crippen LogP contribution in [-0.4, -0.2) is 39.3 Å². The number of fused-ring (bicyclic) bond motifs is 1. The molecule has 1 aliphatic heterocycles. The molecule has 2 aromatic heterocycles. The SMILES string of the molecule is CCC1Cc2cc(=O)[nH]nc2C(C)N1C(=O)Nc1cc(Cl)c(-c2ccc(OC)nc2F)cc1F. The second kappa shape index (κ2) is 9.38. The number of H-pyrrole nitrogens is 1. The molecule has 2 N–H and O–H groups in total. The number of methoxy groups -OCH3 is 1. The summed E-state index contributed by atoms with van der Waals surface area (Å²) in [5.41, 5.74) is 0.984. The average Bonchev–Trinajstić information content (AvgIpc) is 2.80. The Kier molecular flexibility index (Phi) is 6.52. The lowest BCUT2D eigenvalue weighted by Crippen LogP contribution is -2.49. The van der Waals surface area contributed by atoms with Gasteiger partial charge in [0.1, 0.15) is 5.82 Å². The van der Waals surface area contributed by atoms with E-state index in [2.05, 4.69) is 20.5 Å². The van der Waals surface area contributed by atoms with Gasteiger partial charge in [-0.2, -0.15) is 14.5 Å². The Morgan fingerprint density at radius 2 is 2.06 bits per heavy atom. The van der Waals surface area contributed by atoms with Gasteiger partial charge in [0.05, 0.1) is 29.6 Å².